The third-order valence-electron chi connectivity index (χ3n) is 1.78. The molecule has 1 aromatic carbocycles. The van der Waals surface area contributed by atoms with E-state index in [2.05, 4.69) is 0 Å². The van der Waals surface area contributed by atoms with Crippen LogP contribution in [-0.4, -0.2) is 18.2 Å². The molecule has 82 valence electrons. The van der Waals surface area contributed by atoms with Crippen LogP contribution in [-0.2, 0) is 10.7 Å². The Morgan fingerprint density at radius 3 is 2.53 bits per heavy atom. The Labute approximate surface area is 89.2 Å². The summed E-state index contributed by atoms with van der Waals surface area (Å²) >= 11 is 5.59. The van der Waals surface area contributed by atoms with E-state index in [1.165, 1.54) is 13.2 Å². The van der Waals surface area contributed by atoms with E-state index in [0.717, 1.165) is 12.1 Å². The lowest BCUT2D eigenvalue weighted by Gasteiger charge is -2.12. The summed E-state index contributed by atoms with van der Waals surface area (Å²) in [4.78, 5) is 10.3. The van der Waals surface area contributed by atoms with Crippen LogP contribution in [0.5, 0.6) is 5.75 Å². The van der Waals surface area contributed by atoms with Gasteiger partial charge in [0.1, 0.15) is 5.75 Å². The lowest BCUT2D eigenvalue weighted by Crippen LogP contribution is -2.25. The number of carboxylic acids is 1. The maximum Gasteiger partial charge on any atom is 0.379 e. The monoisotopic (exact) mass is 236 g/mol. The highest BCUT2D eigenvalue weighted by Crippen LogP contribution is 2.33. The number of ether oxygens (including phenoxy) is 1. The summed E-state index contributed by atoms with van der Waals surface area (Å²) in [6.07, 6.45) is 0. The summed E-state index contributed by atoms with van der Waals surface area (Å²) in [5.74, 6) is -5.96. The molecule has 0 heterocycles. The molecule has 1 aromatic rings. The van der Waals surface area contributed by atoms with Crippen LogP contribution in [0.15, 0.2) is 18.2 Å². The van der Waals surface area contributed by atoms with Crippen molar-refractivity contribution < 1.29 is 23.4 Å². The van der Waals surface area contributed by atoms with Crippen molar-refractivity contribution in [2.45, 2.75) is 5.92 Å². The molecule has 0 bridgehead atoms. The van der Waals surface area contributed by atoms with Gasteiger partial charge >= 0.3 is 11.9 Å². The van der Waals surface area contributed by atoms with Gasteiger partial charge in [0.05, 0.1) is 12.1 Å². The predicted octanol–water partition coefficient (Wildman–Crippen LogP) is 2.53. The van der Waals surface area contributed by atoms with E-state index in [1.807, 2.05) is 0 Å². The molecule has 1 N–H and O–H groups in total. The van der Waals surface area contributed by atoms with Crippen LogP contribution in [0, 0.1) is 0 Å². The van der Waals surface area contributed by atoms with Gasteiger partial charge in [-0.25, -0.2) is 4.79 Å². The lowest BCUT2D eigenvalue weighted by molar-refractivity contribution is -0.166. The first kappa shape index (κ1) is 11.7. The van der Waals surface area contributed by atoms with Crippen LogP contribution < -0.4 is 4.74 Å². The Hall–Kier alpha value is -1.36. The van der Waals surface area contributed by atoms with Crippen molar-refractivity contribution >= 4 is 17.6 Å². The summed E-state index contributed by atoms with van der Waals surface area (Å²) in [5, 5.41) is 8.23. The molecular weight excluding hydrogens is 230 g/mol. The highest BCUT2D eigenvalue weighted by atomic mass is 35.5. The maximum absolute atomic E-state index is 13.0. The Morgan fingerprint density at radius 1 is 1.53 bits per heavy atom. The van der Waals surface area contributed by atoms with Crippen LogP contribution in [0.3, 0.4) is 0 Å². The largest absolute Gasteiger partial charge is 0.495 e. The molecule has 0 aromatic heterocycles. The third-order valence-corrected chi connectivity index (χ3v) is 2.08. The minimum absolute atomic E-state index is 0.0593. The van der Waals surface area contributed by atoms with E-state index in [-0.39, 0.29) is 10.8 Å². The van der Waals surface area contributed by atoms with E-state index < -0.39 is 17.5 Å². The fourth-order valence-electron chi connectivity index (χ4n) is 0.985. The number of alkyl halides is 2. The molecule has 0 saturated carbocycles. The Bertz CT molecular complexity index is 393. The summed E-state index contributed by atoms with van der Waals surface area (Å²) in [6, 6.07) is 3.02. The van der Waals surface area contributed by atoms with E-state index >= 15 is 0 Å². The van der Waals surface area contributed by atoms with E-state index in [4.69, 9.17) is 21.4 Å². The zero-order valence-corrected chi connectivity index (χ0v) is 8.39. The quantitative estimate of drug-likeness (QED) is 0.877. The molecule has 0 saturated heterocycles. The van der Waals surface area contributed by atoms with E-state index in [0.29, 0.717) is 0 Å². The van der Waals surface area contributed by atoms with Gasteiger partial charge in [0.25, 0.3) is 0 Å². The molecule has 0 radical (unpaired) electrons. The summed E-state index contributed by atoms with van der Waals surface area (Å²) in [7, 11) is 1.33. The Morgan fingerprint density at radius 2 is 2.13 bits per heavy atom. The summed E-state index contributed by atoms with van der Waals surface area (Å²) in [5.41, 5.74) is -0.680. The molecule has 0 unspecified atom stereocenters. The average molecular weight is 237 g/mol. The van der Waals surface area contributed by atoms with Gasteiger partial charge in [-0.3, -0.25) is 0 Å². The first-order valence-corrected chi connectivity index (χ1v) is 4.22. The number of carbonyl (C=O) groups is 1. The van der Waals surface area contributed by atoms with Gasteiger partial charge in [-0.05, 0) is 18.2 Å². The van der Waals surface area contributed by atoms with Crippen molar-refractivity contribution in [3.63, 3.8) is 0 Å². The van der Waals surface area contributed by atoms with Crippen LogP contribution in [0.4, 0.5) is 8.78 Å². The molecule has 0 aliphatic heterocycles. The number of halogens is 3. The van der Waals surface area contributed by atoms with Crippen molar-refractivity contribution in [1.82, 2.24) is 0 Å². The third kappa shape index (κ3) is 2.18. The van der Waals surface area contributed by atoms with Gasteiger partial charge in [-0.2, -0.15) is 8.78 Å². The van der Waals surface area contributed by atoms with Gasteiger partial charge in [0.15, 0.2) is 0 Å². The second kappa shape index (κ2) is 4.02. The van der Waals surface area contributed by atoms with Crippen LogP contribution in [0.1, 0.15) is 5.56 Å². The number of hydrogen-bond acceptors (Lipinski definition) is 2. The fraction of sp³-hybridized carbons (Fsp3) is 0.222. The molecule has 0 aliphatic rings. The van der Waals surface area contributed by atoms with Crippen molar-refractivity contribution in [1.29, 1.82) is 0 Å². The number of benzene rings is 1. The van der Waals surface area contributed by atoms with Gasteiger partial charge in [-0.1, -0.05) is 11.6 Å². The highest BCUT2D eigenvalue weighted by Gasteiger charge is 2.41. The topological polar surface area (TPSA) is 46.5 Å². The first-order valence-electron chi connectivity index (χ1n) is 3.85. The van der Waals surface area contributed by atoms with Crippen LogP contribution in [0.2, 0.25) is 5.02 Å². The fourth-order valence-corrected chi connectivity index (χ4v) is 1.24. The smallest absolute Gasteiger partial charge is 0.379 e. The molecule has 0 atom stereocenters. The van der Waals surface area contributed by atoms with E-state index in [9.17, 15) is 13.6 Å². The molecule has 3 nitrogen and oxygen atoms in total. The standard InChI is InChI=1S/C9H7ClF2O3/c1-15-7-3-2-5(4-6(7)10)9(11,12)8(13)14/h2-4H,1H3,(H,13,14). The molecule has 0 spiro atoms. The number of hydrogen-bond donors (Lipinski definition) is 1. The van der Waals surface area contributed by atoms with Crippen LogP contribution >= 0.6 is 11.6 Å². The average Bonchev–Trinajstić information content (AvgIpc) is 2.17. The zero-order valence-electron chi connectivity index (χ0n) is 7.63. The molecule has 1 rings (SSSR count). The number of carboxylic acid groups (broad SMARTS) is 1. The minimum atomic E-state index is -3.95. The van der Waals surface area contributed by atoms with Gasteiger partial charge in [0, 0.05) is 5.56 Å². The first-order chi connectivity index (χ1) is 6.89. The maximum atomic E-state index is 13.0. The zero-order chi connectivity index (χ0) is 11.6. The molecular formula is C9H7ClF2O3. The van der Waals surface area contributed by atoms with Gasteiger partial charge in [-0.15, -0.1) is 0 Å². The van der Waals surface area contributed by atoms with Crippen molar-refractivity contribution in [2.75, 3.05) is 7.11 Å². The highest BCUT2D eigenvalue weighted by molar-refractivity contribution is 6.32. The van der Waals surface area contributed by atoms with Crippen LogP contribution in [0.25, 0.3) is 0 Å². The van der Waals surface area contributed by atoms with Crippen molar-refractivity contribution in [3.8, 4) is 5.75 Å². The number of aliphatic carboxylic acids is 1. The summed E-state index contributed by atoms with van der Waals surface area (Å²) < 4.78 is 30.7. The second-order valence-corrected chi connectivity index (χ2v) is 3.14. The Balaban J connectivity index is 3.18. The molecule has 0 amide bonds. The lowest BCUT2D eigenvalue weighted by atomic mass is 10.1. The van der Waals surface area contributed by atoms with Gasteiger partial charge < -0.3 is 9.84 Å². The molecule has 0 fully saturated rings. The molecule has 15 heavy (non-hydrogen) atoms. The SMILES string of the molecule is COc1ccc(C(F)(F)C(=O)O)cc1Cl. The van der Waals surface area contributed by atoms with Gasteiger partial charge in [0.2, 0.25) is 0 Å². The summed E-state index contributed by atoms with van der Waals surface area (Å²) in [6.45, 7) is 0. The Kier molecular flexibility index (Phi) is 3.14. The molecule has 0 aliphatic carbocycles. The normalized spacial score (nSPS) is 11.2. The van der Waals surface area contributed by atoms with Crippen molar-refractivity contribution in [2.24, 2.45) is 0 Å². The van der Waals surface area contributed by atoms with Crippen molar-refractivity contribution in [3.05, 3.63) is 28.8 Å². The number of rotatable bonds is 3. The predicted molar refractivity (Wildman–Crippen MR) is 49.5 cm³/mol. The minimum Gasteiger partial charge on any atom is -0.495 e. The number of methoxy groups -OCH3 is 1. The second-order valence-electron chi connectivity index (χ2n) is 2.73. The molecule has 6 heteroatoms. The van der Waals surface area contributed by atoms with E-state index in [1.54, 1.807) is 0 Å².